The highest BCUT2D eigenvalue weighted by molar-refractivity contribution is 5.90. The van der Waals surface area contributed by atoms with Crippen molar-refractivity contribution >= 4 is 17.4 Å². The molecule has 0 saturated heterocycles. The zero-order valence-electron chi connectivity index (χ0n) is 12.4. The predicted octanol–water partition coefficient (Wildman–Crippen LogP) is 2.03. The van der Waals surface area contributed by atoms with Crippen molar-refractivity contribution in [2.24, 2.45) is 11.6 Å². The Bertz CT molecular complexity index is 726. The largest absolute Gasteiger partial charge is 0.478 e. The molecule has 0 amide bonds. The van der Waals surface area contributed by atoms with Crippen LogP contribution in [0.2, 0.25) is 0 Å². The van der Waals surface area contributed by atoms with Crippen molar-refractivity contribution in [1.82, 2.24) is 4.98 Å². The van der Waals surface area contributed by atoms with Gasteiger partial charge in [-0.15, -0.1) is 0 Å². The van der Waals surface area contributed by atoms with Crippen LogP contribution in [0.1, 0.15) is 27.0 Å². The van der Waals surface area contributed by atoms with Gasteiger partial charge < -0.3 is 10.8 Å². The SMILES string of the molecule is Cc1cc(C(=O)O)cc(N(N)/C=C(\N)c2cccnc2)c1C. The molecule has 2 aromatic rings. The third-order valence-electron chi connectivity index (χ3n) is 3.44. The van der Waals surface area contributed by atoms with Gasteiger partial charge in [-0.05, 0) is 49.2 Å². The first kappa shape index (κ1) is 15.5. The van der Waals surface area contributed by atoms with Crippen LogP contribution in [0, 0.1) is 13.8 Å². The van der Waals surface area contributed by atoms with Crippen LogP contribution in [0.5, 0.6) is 0 Å². The molecule has 0 spiro atoms. The second-order valence-corrected chi connectivity index (χ2v) is 4.98. The summed E-state index contributed by atoms with van der Waals surface area (Å²) in [6.07, 6.45) is 4.83. The van der Waals surface area contributed by atoms with E-state index < -0.39 is 5.97 Å². The van der Waals surface area contributed by atoms with E-state index in [-0.39, 0.29) is 5.56 Å². The monoisotopic (exact) mass is 298 g/mol. The molecule has 5 N–H and O–H groups in total. The number of aromatic nitrogens is 1. The molecule has 6 nitrogen and oxygen atoms in total. The number of pyridine rings is 1. The quantitative estimate of drug-likeness (QED) is 0.589. The molecule has 1 aromatic heterocycles. The van der Waals surface area contributed by atoms with Crippen molar-refractivity contribution in [2.45, 2.75) is 13.8 Å². The summed E-state index contributed by atoms with van der Waals surface area (Å²) in [6, 6.07) is 6.73. The highest BCUT2D eigenvalue weighted by Gasteiger charge is 2.12. The summed E-state index contributed by atoms with van der Waals surface area (Å²) in [6.45, 7) is 3.72. The van der Waals surface area contributed by atoms with Crippen molar-refractivity contribution in [3.8, 4) is 0 Å². The van der Waals surface area contributed by atoms with Crippen LogP contribution in [0.3, 0.4) is 0 Å². The molecule has 2 rings (SSSR count). The Kier molecular flexibility index (Phi) is 4.43. The van der Waals surface area contributed by atoms with Gasteiger partial charge in [-0.25, -0.2) is 10.6 Å². The zero-order valence-corrected chi connectivity index (χ0v) is 12.4. The van der Waals surface area contributed by atoms with E-state index >= 15 is 0 Å². The standard InChI is InChI=1S/C16H18N4O2/c1-10-6-13(16(21)22)7-15(11(10)2)20(18)9-14(17)12-4-3-5-19-8-12/h3-9H,17-18H2,1-2H3,(H,21,22)/b14-9-. The number of hydrogen-bond acceptors (Lipinski definition) is 5. The molecule has 22 heavy (non-hydrogen) atoms. The fourth-order valence-corrected chi connectivity index (χ4v) is 2.06. The van der Waals surface area contributed by atoms with E-state index in [1.165, 1.54) is 11.1 Å². The van der Waals surface area contributed by atoms with Crippen LogP contribution in [-0.2, 0) is 0 Å². The maximum atomic E-state index is 11.2. The molecular formula is C16H18N4O2. The van der Waals surface area contributed by atoms with Crippen LogP contribution in [0.4, 0.5) is 5.69 Å². The fourth-order valence-electron chi connectivity index (χ4n) is 2.06. The Morgan fingerprint density at radius 3 is 2.64 bits per heavy atom. The van der Waals surface area contributed by atoms with Gasteiger partial charge in [-0.2, -0.15) is 0 Å². The van der Waals surface area contributed by atoms with Crippen molar-refractivity contribution in [3.63, 3.8) is 0 Å². The Labute approximate surface area is 128 Å². The zero-order chi connectivity index (χ0) is 16.3. The third-order valence-corrected chi connectivity index (χ3v) is 3.44. The molecule has 0 aliphatic carbocycles. The minimum absolute atomic E-state index is 0.182. The summed E-state index contributed by atoms with van der Waals surface area (Å²) in [4.78, 5) is 15.2. The first-order valence-corrected chi connectivity index (χ1v) is 6.66. The molecular weight excluding hydrogens is 280 g/mol. The smallest absolute Gasteiger partial charge is 0.335 e. The lowest BCUT2D eigenvalue weighted by atomic mass is 10.0. The summed E-state index contributed by atoms with van der Waals surface area (Å²) in [7, 11) is 0. The lowest BCUT2D eigenvalue weighted by molar-refractivity contribution is 0.0697. The highest BCUT2D eigenvalue weighted by Crippen LogP contribution is 2.24. The maximum absolute atomic E-state index is 11.2. The van der Waals surface area contributed by atoms with Gasteiger partial charge in [0.05, 0.1) is 16.9 Å². The van der Waals surface area contributed by atoms with E-state index in [1.807, 2.05) is 19.9 Å². The third kappa shape index (κ3) is 3.24. The first-order valence-electron chi connectivity index (χ1n) is 6.66. The number of benzene rings is 1. The fraction of sp³-hybridized carbons (Fsp3) is 0.125. The van der Waals surface area contributed by atoms with Crippen molar-refractivity contribution in [1.29, 1.82) is 0 Å². The van der Waals surface area contributed by atoms with E-state index in [0.29, 0.717) is 11.4 Å². The van der Waals surface area contributed by atoms with Crippen LogP contribution in [0.15, 0.2) is 42.9 Å². The minimum atomic E-state index is -0.998. The Balaban J connectivity index is 2.41. The molecule has 0 saturated carbocycles. The molecule has 6 heteroatoms. The van der Waals surface area contributed by atoms with Gasteiger partial charge in [0, 0.05) is 24.2 Å². The Morgan fingerprint density at radius 1 is 1.32 bits per heavy atom. The molecule has 0 fully saturated rings. The second kappa shape index (κ2) is 6.28. The van der Waals surface area contributed by atoms with Crippen LogP contribution in [-0.4, -0.2) is 16.1 Å². The van der Waals surface area contributed by atoms with E-state index in [0.717, 1.165) is 16.7 Å². The van der Waals surface area contributed by atoms with Crippen LogP contribution >= 0.6 is 0 Å². The molecule has 0 radical (unpaired) electrons. The summed E-state index contributed by atoms with van der Waals surface area (Å²) in [5.74, 6) is 5.04. The number of carboxylic acid groups (broad SMARTS) is 1. The van der Waals surface area contributed by atoms with Crippen molar-refractivity contribution < 1.29 is 9.90 Å². The van der Waals surface area contributed by atoms with Gasteiger partial charge in [0.1, 0.15) is 0 Å². The molecule has 114 valence electrons. The minimum Gasteiger partial charge on any atom is -0.478 e. The molecule has 0 aliphatic rings. The Morgan fingerprint density at radius 2 is 2.05 bits per heavy atom. The first-order chi connectivity index (χ1) is 10.4. The molecule has 1 aromatic carbocycles. The molecule has 0 atom stereocenters. The molecule has 0 bridgehead atoms. The topological polar surface area (TPSA) is 105 Å². The predicted molar refractivity (Wildman–Crippen MR) is 85.9 cm³/mol. The summed E-state index contributed by atoms with van der Waals surface area (Å²) in [5, 5.41) is 10.5. The number of aryl methyl sites for hydroxylation is 1. The molecule has 0 unspecified atom stereocenters. The normalized spacial score (nSPS) is 11.3. The average Bonchev–Trinajstić information content (AvgIpc) is 2.50. The van der Waals surface area contributed by atoms with Gasteiger partial charge in [-0.1, -0.05) is 0 Å². The number of aromatic carboxylic acids is 1. The number of anilines is 1. The summed E-state index contributed by atoms with van der Waals surface area (Å²) < 4.78 is 0. The number of hydrogen-bond donors (Lipinski definition) is 3. The van der Waals surface area contributed by atoms with E-state index in [9.17, 15) is 4.79 Å². The van der Waals surface area contributed by atoms with E-state index in [1.54, 1.807) is 30.7 Å². The number of rotatable bonds is 4. The second-order valence-electron chi connectivity index (χ2n) is 4.98. The molecule has 0 aliphatic heterocycles. The van der Waals surface area contributed by atoms with Gasteiger partial charge in [-0.3, -0.25) is 9.99 Å². The Hall–Kier alpha value is -2.86. The average molecular weight is 298 g/mol. The lowest BCUT2D eigenvalue weighted by Crippen LogP contribution is -2.27. The number of carboxylic acids is 1. The number of hydrazine groups is 1. The number of nitrogens with zero attached hydrogens (tertiary/aromatic N) is 2. The van der Waals surface area contributed by atoms with Gasteiger partial charge >= 0.3 is 5.97 Å². The number of nitrogens with two attached hydrogens (primary N) is 2. The van der Waals surface area contributed by atoms with Gasteiger partial charge in [0.25, 0.3) is 0 Å². The van der Waals surface area contributed by atoms with Crippen molar-refractivity contribution in [2.75, 3.05) is 5.01 Å². The van der Waals surface area contributed by atoms with Crippen LogP contribution in [0.25, 0.3) is 5.70 Å². The summed E-state index contributed by atoms with van der Waals surface area (Å²) >= 11 is 0. The van der Waals surface area contributed by atoms with Gasteiger partial charge in [0.15, 0.2) is 0 Å². The van der Waals surface area contributed by atoms with E-state index in [2.05, 4.69) is 4.98 Å². The van der Waals surface area contributed by atoms with Crippen molar-refractivity contribution in [3.05, 3.63) is 65.1 Å². The van der Waals surface area contributed by atoms with Crippen LogP contribution < -0.4 is 16.6 Å². The van der Waals surface area contributed by atoms with E-state index in [4.69, 9.17) is 16.7 Å². The lowest BCUT2D eigenvalue weighted by Gasteiger charge is -2.19. The summed E-state index contributed by atoms with van der Waals surface area (Å²) in [5.41, 5.74) is 9.69. The maximum Gasteiger partial charge on any atom is 0.335 e. The highest BCUT2D eigenvalue weighted by atomic mass is 16.4. The number of carbonyl (C=O) groups is 1. The molecule has 1 heterocycles. The van der Waals surface area contributed by atoms with Gasteiger partial charge in [0.2, 0.25) is 0 Å².